The molecule has 7 nitrogen and oxygen atoms in total. The molecule has 1 heterocycles. The van der Waals surface area contributed by atoms with Crippen molar-refractivity contribution in [1.82, 2.24) is 15.4 Å². The fourth-order valence-corrected chi connectivity index (χ4v) is 1.94. The summed E-state index contributed by atoms with van der Waals surface area (Å²) in [5.74, 6) is 0.554. The van der Waals surface area contributed by atoms with Crippen LogP contribution in [0.4, 0.5) is 17.3 Å². The third kappa shape index (κ3) is 4.72. The van der Waals surface area contributed by atoms with Gasteiger partial charge in [0.2, 0.25) is 0 Å². The first-order valence-corrected chi connectivity index (χ1v) is 7.66. The van der Waals surface area contributed by atoms with E-state index < -0.39 is 0 Å². The van der Waals surface area contributed by atoms with Crippen molar-refractivity contribution in [3.05, 3.63) is 41.2 Å². The molecular weight excluding hydrogens is 316 g/mol. The first kappa shape index (κ1) is 16.8. The molecule has 122 valence electrons. The van der Waals surface area contributed by atoms with Gasteiger partial charge in [-0.3, -0.25) is 15.6 Å². The Morgan fingerprint density at radius 1 is 1.22 bits per heavy atom. The maximum Gasteiger partial charge on any atom is 0.269 e. The first-order valence-electron chi connectivity index (χ1n) is 7.28. The van der Waals surface area contributed by atoms with E-state index in [4.69, 9.17) is 17.3 Å². The van der Waals surface area contributed by atoms with Gasteiger partial charge in [-0.1, -0.05) is 24.9 Å². The molecule has 8 heteroatoms. The highest BCUT2D eigenvalue weighted by molar-refractivity contribution is 6.30. The summed E-state index contributed by atoms with van der Waals surface area (Å²) in [6, 6.07) is 6.54. The van der Waals surface area contributed by atoms with Crippen molar-refractivity contribution >= 4 is 34.8 Å². The Kier molecular flexibility index (Phi) is 5.99. The number of anilines is 3. The maximum atomic E-state index is 12.0. The molecule has 2 rings (SSSR count). The molecule has 0 aliphatic carbocycles. The van der Waals surface area contributed by atoms with Crippen LogP contribution in [0.5, 0.6) is 0 Å². The summed E-state index contributed by atoms with van der Waals surface area (Å²) in [6.07, 6.45) is 3.46. The number of carbonyl (C=O) groups is 1. The molecule has 0 unspecified atom stereocenters. The molecule has 0 saturated carbocycles. The zero-order valence-electron chi connectivity index (χ0n) is 12.8. The fraction of sp³-hybridized carbons (Fsp3) is 0.267. The van der Waals surface area contributed by atoms with Crippen LogP contribution >= 0.6 is 11.6 Å². The number of hydrazine groups is 1. The van der Waals surface area contributed by atoms with E-state index in [9.17, 15) is 4.79 Å². The highest BCUT2D eigenvalue weighted by atomic mass is 35.5. The largest absolute Gasteiger partial charge is 0.393 e. The number of benzene rings is 1. The van der Waals surface area contributed by atoms with Crippen LogP contribution in [0.15, 0.2) is 30.6 Å². The van der Waals surface area contributed by atoms with Crippen LogP contribution in [0.3, 0.4) is 0 Å². The number of halogens is 1. The molecular formula is C15H19ClN6O. The summed E-state index contributed by atoms with van der Waals surface area (Å²) >= 11 is 5.79. The van der Waals surface area contributed by atoms with Crippen LogP contribution in [0, 0.1) is 0 Å². The summed E-state index contributed by atoms with van der Waals surface area (Å²) in [5, 5.41) is 3.70. The zero-order valence-corrected chi connectivity index (χ0v) is 13.5. The number of nitrogens with one attached hydrogen (secondary N) is 3. The summed E-state index contributed by atoms with van der Waals surface area (Å²) in [6.45, 7) is 2.87. The van der Waals surface area contributed by atoms with Crippen LogP contribution in [-0.2, 0) is 0 Å². The topological polar surface area (TPSA) is 105 Å². The molecule has 0 atom stereocenters. The molecule has 0 aliphatic rings. The van der Waals surface area contributed by atoms with Gasteiger partial charge in [0.15, 0.2) is 11.6 Å². The lowest BCUT2D eigenvalue weighted by atomic mass is 10.2. The van der Waals surface area contributed by atoms with E-state index in [1.807, 2.05) is 0 Å². The number of hydrogen-bond donors (Lipinski definition) is 4. The van der Waals surface area contributed by atoms with Crippen LogP contribution in [0.2, 0.25) is 5.02 Å². The van der Waals surface area contributed by atoms with Crippen LogP contribution in [0.1, 0.15) is 30.1 Å². The lowest BCUT2D eigenvalue weighted by Crippen LogP contribution is -2.30. The Morgan fingerprint density at radius 3 is 2.61 bits per heavy atom. The molecule has 23 heavy (non-hydrogen) atoms. The molecule has 0 radical (unpaired) electrons. The molecule has 2 aromatic rings. The van der Waals surface area contributed by atoms with Crippen molar-refractivity contribution in [3.63, 3.8) is 0 Å². The lowest BCUT2D eigenvalue weighted by molar-refractivity contribution is 0.0962. The van der Waals surface area contributed by atoms with E-state index in [0.29, 0.717) is 27.9 Å². The number of amides is 1. The third-order valence-electron chi connectivity index (χ3n) is 3.11. The zero-order chi connectivity index (χ0) is 16.7. The number of aromatic nitrogens is 2. The van der Waals surface area contributed by atoms with E-state index in [1.165, 1.54) is 6.33 Å². The van der Waals surface area contributed by atoms with Crippen molar-refractivity contribution < 1.29 is 4.79 Å². The Bertz CT molecular complexity index is 662. The Morgan fingerprint density at radius 2 is 1.91 bits per heavy atom. The number of rotatable bonds is 7. The van der Waals surface area contributed by atoms with Crippen LogP contribution < -0.4 is 21.9 Å². The van der Waals surface area contributed by atoms with Gasteiger partial charge >= 0.3 is 0 Å². The van der Waals surface area contributed by atoms with Crippen molar-refractivity contribution in [2.45, 2.75) is 19.8 Å². The smallest absolute Gasteiger partial charge is 0.269 e. The number of nitrogen functional groups attached to an aromatic ring is 1. The SMILES string of the molecule is CCCCNc1ncnc(NNC(=O)c2ccc(Cl)cc2)c1N. The number of nitrogens with zero attached hydrogens (tertiary/aromatic N) is 2. The van der Waals surface area contributed by atoms with E-state index in [1.54, 1.807) is 24.3 Å². The molecule has 0 bridgehead atoms. The first-order chi connectivity index (χ1) is 11.1. The summed E-state index contributed by atoms with van der Waals surface area (Å²) < 4.78 is 0. The highest BCUT2D eigenvalue weighted by Gasteiger charge is 2.09. The average molecular weight is 335 g/mol. The summed E-state index contributed by atoms with van der Waals surface area (Å²) in [7, 11) is 0. The van der Waals surface area contributed by atoms with Gasteiger partial charge < -0.3 is 11.1 Å². The predicted octanol–water partition coefficient (Wildman–Crippen LogP) is 2.68. The van der Waals surface area contributed by atoms with E-state index in [-0.39, 0.29) is 5.91 Å². The number of carbonyl (C=O) groups excluding carboxylic acids is 1. The normalized spacial score (nSPS) is 10.2. The van der Waals surface area contributed by atoms with Gasteiger partial charge in [-0.25, -0.2) is 9.97 Å². The minimum absolute atomic E-state index is 0.319. The van der Waals surface area contributed by atoms with E-state index in [2.05, 4.69) is 33.1 Å². The van der Waals surface area contributed by atoms with Crippen molar-refractivity contribution in [2.24, 2.45) is 0 Å². The molecule has 1 aromatic heterocycles. The predicted molar refractivity (Wildman–Crippen MR) is 92.4 cm³/mol. The Balaban J connectivity index is 1.98. The van der Waals surface area contributed by atoms with Gasteiger partial charge in [0.25, 0.3) is 5.91 Å². The Labute approximate surface area is 139 Å². The average Bonchev–Trinajstić information content (AvgIpc) is 2.56. The van der Waals surface area contributed by atoms with Crippen molar-refractivity contribution in [2.75, 3.05) is 23.0 Å². The molecule has 0 aliphatic heterocycles. The molecule has 5 N–H and O–H groups in total. The Hall–Kier alpha value is -2.54. The summed E-state index contributed by atoms with van der Waals surface area (Å²) in [4.78, 5) is 20.1. The molecule has 1 aromatic carbocycles. The summed E-state index contributed by atoms with van der Waals surface area (Å²) in [5.41, 5.74) is 12.1. The fourth-order valence-electron chi connectivity index (χ4n) is 1.81. The van der Waals surface area contributed by atoms with Gasteiger partial charge in [-0.15, -0.1) is 0 Å². The highest BCUT2D eigenvalue weighted by Crippen LogP contribution is 2.21. The molecule has 0 saturated heterocycles. The maximum absolute atomic E-state index is 12.0. The second-order valence-corrected chi connectivity index (χ2v) is 5.29. The van der Waals surface area contributed by atoms with Crippen LogP contribution in [0.25, 0.3) is 0 Å². The van der Waals surface area contributed by atoms with Gasteiger partial charge in [0.1, 0.15) is 12.0 Å². The number of unbranched alkanes of at least 4 members (excludes halogenated alkanes) is 1. The standard InChI is InChI=1S/C15H19ClN6O/c1-2-3-8-18-13-12(17)14(20-9-19-13)21-22-15(23)10-4-6-11(16)7-5-10/h4-7,9H,2-3,8,17H2,1H3,(H,22,23)(H2,18,19,20,21). The number of hydrogen-bond acceptors (Lipinski definition) is 6. The van der Waals surface area contributed by atoms with Gasteiger partial charge in [0, 0.05) is 17.1 Å². The lowest BCUT2D eigenvalue weighted by Gasteiger charge is -2.13. The number of nitrogens with two attached hydrogens (primary N) is 1. The quantitative estimate of drug-likeness (QED) is 0.458. The molecule has 0 fully saturated rings. The second kappa shape index (κ2) is 8.19. The van der Waals surface area contributed by atoms with E-state index in [0.717, 1.165) is 19.4 Å². The van der Waals surface area contributed by atoms with Crippen molar-refractivity contribution in [1.29, 1.82) is 0 Å². The molecule has 1 amide bonds. The van der Waals surface area contributed by atoms with Gasteiger partial charge in [0.05, 0.1) is 0 Å². The van der Waals surface area contributed by atoms with Gasteiger partial charge in [-0.05, 0) is 30.7 Å². The van der Waals surface area contributed by atoms with Gasteiger partial charge in [-0.2, -0.15) is 0 Å². The third-order valence-corrected chi connectivity index (χ3v) is 3.36. The molecule has 0 spiro atoms. The second-order valence-electron chi connectivity index (χ2n) is 4.85. The minimum atomic E-state index is -0.319. The monoisotopic (exact) mass is 334 g/mol. The van der Waals surface area contributed by atoms with Crippen molar-refractivity contribution in [3.8, 4) is 0 Å². The van der Waals surface area contributed by atoms with Crippen LogP contribution in [-0.4, -0.2) is 22.4 Å². The minimum Gasteiger partial charge on any atom is -0.393 e. The van der Waals surface area contributed by atoms with E-state index >= 15 is 0 Å².